The minimum Gasteiger partial charge on any atom is -0.380 e. The van der Waals surface area contributed by atoms with Gasteiger partial charge in [0.2, 0.25) is 0 Å². The highest BCUT2D eigenvalue weighted by Crippen LogP contribution is 2.12. The van der Waals surface area contributed by atoms with Crippen molar-refractivity contribution in [2.24, 2.45) is 5.73 Å². The first kappa shape index (κ1) is 14.1. The lowest BCUT2D eigenvalue weighted by atomic mass is 10.2. The molecule has 0 amide bonds. The molecule has 6 heteroatoms. The Morgan fingerprint density at radius 1 is 1.41 bits per heavy atom. The van der Waals surface area contributed by atoms with Crippen molar-refractivity contribution >= 4 is 10.1 Å². The fourth-order valence-electron chi connectivity index (χ4n) is 1.40. The van der Waals surface area contributed by atoms with E-state index < -0.39 is 10.1 Å². The number of hydrogen-bond acceptors (Lipinski definition) is 4. The molecule has 1 saturated heterocycles. The number of hydrogen-bond donors (Lipinski definition) is 2. The van der Waals surface area contributed by atoms with Crippen LogP contribution < -0.4 is 5.73 Å². The Labute approximate surface area is 101 Å². The van der Waals surface area contributed by atoms with Crippen molar-refractivity contribution in [1.82, 2.24) is 0 Å². The van der Waals surface area contributed by atoms with Gasteiger partial charge < -0.3 is 10.5 Å². The molecule has 1 aliphatic rings. The van der Waals surface area contributed by atoms with Crippen molar-refractivity contribution in [1.29, 1.82) is 0 Å². The van der Waals surface area contributed by atoms with Crippen LogP contribution in [0.4, 0.5) is 0 Å². The van der Waals surface area contributed by atoms with Crippen LogP contribution in [0.25, 0.3) is 0 Å². The Kier molecular flexibility index (Phi) is 5.07. The van der Waals surface area contributed by atoms with Crippen molar-refractivity contribution < 1.29 is 17.7 Å². The van der Waals surface area contributed by atoms with Gasteiger partial charge >= 0.3 is 0 Å². The second-order valence-corrected chi connectivity index (χ2v) is 5.25. The lowest BCUT2D eigenvalue weighted by Gasteiger charge is -1.99. The van der Waals surface area contributed by atoms with Crippen molar-refractivity contribution in [3.8, 4) is 0 Å². The van der Waals surface area contributed by atoms with Gasteiger partial charge in [0.15, 0.2) is 0 Å². The van der Waals surface area contributed by atoms with Gasteiger partial charge in [-0.1, -0.05) is 18.2 Å². The van der Waals surface area contributed by atoms with Crippen LogP contribution >= 0.6 is 0 Å². The molecule has 5 nitrogen and oxygen atoms in total. The van der Waals surface area contributed by atoms with Gasteiger partial charge in [-0.2, -0.15) is 8.42 Å². The van der Waals surface area contributed by atoms with E-state index in [-0.39, 0.29) is 4.90 Å². The Hall–Kier alpha value is -0.950. The maximum Gasteiger partial charge on any atom is 0.294 e. The number of rotatable bonds is 1. The van der Waals surface area contributed by atoms with E-state index in [0.29, 0.717) is 11.6 Å². The van der Waals surface area contributed by atoms with Gasteiger partial charge in [-0.3, -0.25) is 4.55 Å². The number of aryl methyl sites for hydroxylation is 1. The summed E-state index contributed by atoms with van der Waals surface area (Å²) >= 11 is 0. The third kappa shape index (κ3) is 4.82. The average Bonchev–Trinajstić information content (AvgIpc) is 2.69. The van der Waals surface area contributed by atoms with Gasteiger partial charge in [0.05, 0.1) is 11.5 Å². The van der Waals surface area contributed by atoms with E-state index >= 15 is 0 Å². The Morgan fingerprint density at radius 2 is 2.06 bits per heavy atom. The van der Waals surface area contributed by atoms with E-state index in [0.717, 1.165) is 19.6 Å². The molecular weight excluding hydrogens is 242 g/mol. The first-order chi connectivity index (χ1) is 7.91. The smallest absolute Gasteiger partial charge is 0.294 e. The van der Waals surface area contributed by atoms with Crippen molar-refractivity contribution in [3.63, 3.8) is 0 Å². The third-order valence-electron chi connectivity index (χ3n) is 2.34. The van der Waals surface area contributed by atoms with E-state index in [9.17, 15) is 8.42 Å². The fourth-order valence-corrected chi connectivity index (χ4v) is 2.12. The lowest BCUT2D eigenvalue weighted by Crippen LogP contribution is -2.18. The predicted octanol–water partition coefficient (Wildman–Crippen LogP) is 0.976. The summed E-state index contributed by atoms with van der Waals surface area (Å²) < 4.78 is 34.8. The van der Waals surface area contributed by atoms with Crippen LogP contribution in [0.5, 0.6) is 0 Å². The minimum atomic E-state index is -4.03. The first-order valence-corrected chi connectivity index (χ1v) is 6.71. The normalized spacial score (nSPS) is 19.6. The van der Waals surface area contributed by atoms with Gasteiger partial charge in [-0.15, -0.1) is 0 Å². The minimum absolute atomic E-state index is 0.0278. The molecule has 1 aromatic carbocycles. The molecule has 17 heavy (non-hydrogen) atoms. The lowest BCUT2D eigenvalue weighted by molar-refractivity contribution is 0.194. The van der Waals surface area contributed by atoms with E-state index in [1.165, 1.54) is 6.07 Å². The summed E-state index contributed by atoms with van der Waals surface area (Å²) in [5.74, 6) is 0. The van der Waals surface area contributed by atoms with Crippen LogP contribution in [-0.4, -0.2) is 32.2 Å². The average molecular weight is 259 g/mol. The summed E-state index contributed by atoms with van der Waals surface area (Å²) in [5, 5.41) is 0. The van der Waals surface area contributed by atoms with E-state index in [4.69, 9.17) is 15.0 Å². The van der Waals surface area contributed by atoms with Crippen LogP contribution in [-0.2, 0) is 14.9 Å². The molecular formula is C11H17NO4S. The van der Waals surface area contributed by atoms with Crippen molar-refractivity contribution in [2.45, 2.75) is 24.3 Å². The number of ether oxygens (including phenoxy) is 1. The molecule has 2 rings (SSSR count). The zero-order chi connectivity index (χ0) is 12.9. The summed E-state index contributed by atoms with van der Waals surface area (Å²) in [6.45, 7) is 3.25. The maximum atomic E-state index is 10.6. The molecule has 3 N–H and O–H groups in total. The van der Waals surface area contributed by atoms with Crippen molar-refractivity contribution in [2.75, 3.05) is 13.2 Å². The Balaban J connectivity index is 0.000000202. The molecule has 0 aliphatic carbocycles. The standard InChI is InChI=1S/C7H8O3S.C4H9NO/c1-6-4-2-3-5-7(6)11(8,9)10;5-4-1-2-6-3-4/h2-5H,1H3,(H,8,9,10);4H,1-3,5H2/t;4-/m.0/s1. The Bertz CT molecular complexity index is 452. The topological polar surface area (TPSA) is 89.6 Å². The summed E-state index contributed by atoms with van der Waals surface area (Å²) in [6.07, 6.45) is 1.04. The van der Waals surface area contributed by atoms with Gasteiger partial charge in [0.25, 0.3) is 10.1 Å². The molecule has 96 valence electrons. The molecule has 1 aromatic rings. The highest BCUT2D eigenvalue weighted by molar-refractivity contribution is 7.85. The summed E-state index contributed by atoms with van der Waals surface area (Å²) in [4.78, 5) is -0.0278. The third-order valence-corrected chi connectivity index (χ3v) is 3.35. The zero-order valence-corrected chi connectivity index (χ0v) is 10.5. The van der Waals surface area contributed by atoms with E-state index in [1.54, 1.807) is 25.1 Å². The quantitative estimate of drug-likeness (QED) is 0.734. The molecule has 1 atom stereocenters. The summed E-state index contributed by atoms with van der Waals surface area (Å²) in [6, 6.07) is 6.60. The van der Waals surface area contributed by atoms with Crippen LogP contribution in [0, 0.1) is 6.92 Å². The second kappa shape index (κ2) is 6.11. The number of nitrogens with two attached hydrogens (primary N) is 1. The molecule has 0 aromatic heterocycles. The molecule has 1 fully saturated rings. The SMILES string of the molecule is Cc1ccccc1S(=O)(=O)O.N[C@H]1CCOC1. The van der Waals surface area contributed by atoms with Gasteiger partial charge in [0.1, 0.15) is 0 Å². The monoisotopic (exact) mass is 259 g/mol. The number of benzene rings is 1. The molecule has 0 bridgehead atoms. The molecule has 0 radical (unpaired) electrons. The summed E-state index contributed by atoms with van der Waals surface area (Å²) in [7, 11) is -4.03. The molecule has 0 unspecified atom stereocenters. The maximum absolute atomic E-state index is 10.6. The highest BCUT2D eigenvalue weighted by atomic mass is 32.2. The zero-order valence-electron chi connectivity index (χ0n) is 9.67. The van der Waals surface area contributed by atoms with Crippen molar-refractivity contribution in [3.05, 3.63) is 29.8 Å². The van der Waals surface area contributed by atoms with Gasteiger partial charge in [-0.25, -0.2) is 0 Å². The van der Waals surface area contributed by atoms with E-state index in [2.05, 4.69) is 0 Å². The molecule has 1 aliphatic heterocycles. The van der Waals surface area contributed by atoms with Crippen LogP contribution in [0.2, 0.25) is 0 Å². The second-order valence-electron chi connectivity index (χ2n) is 3.86. The molecule has 0 saturated carbocycles. The fraction of sp³-hybridized carbons (Fsp3) is 0.455. The van der Waals surface area contributed by atoms with Crippen LogP contribution in [0.3, 0.4) is 0 Å². The molecule has 1 heterocycles. The highest BCUT2D eigenvalue weighted by Gasteiger charge is 2.10. The molecule has 0 spiro atoms. The predicted molar refractivity (Wildman–Crippen MR) is 64.4 cm³/mol. The van der Waals surface area contributed by atoms with E-state index in [1.807, 2.05) is 0 Å². The largest absolute Gasteiger partial charge is 0.380 e. The van der Waals surface area contributed by atoms with Crippen LogP contribution in [0.1, 0.15) is 12.0 Å². The van der Waals surface area contributed by atoms with Crippen LogP contribution in [0.15, 0.2) is 29.2 Å². The van der Waals surface area contributed by atoms with Gasteiger partial charge in [0, 0.05) is 12.6 Å². The Morgan fingerprint density at radius 3 is 2.35 bits per heavy atom. The first-order valence-electron chi connectivity index (χ1n) is 5.27. The van der Waals surface area contributed by atoms with Gasteiger partial charge in [-0.05, 0) is 25.0 Å². The summed E-state index contributed by atoms with van der Waals surface area (Å²) in [5.41, 5.74) is 5.96.